The second kappa shape index (κ2) is 9.69. The van der Waals surface area contributed by atoms with Crippen LogP contribution in [0, 0.1) is 0 Å². The van der Waals surface area contributed by atoms with Crippen molar-refractivity contribution in [2.75, 3.05) is 0 Å². The van der Waals surface area contributed by atoms with E-state index in [4.69, 9.17) is 26.3 Å². The Bertz CT molecular complexity index is 1480. The number of allylic oxidation sites excluding steroid dienone is 1. The van der Waals surface area contributed by atoms with Crippen LogP contribution in [0.4, 0.5) is 0 Å². The van der Waals surface area contributed by atoms with Crippen LogP contribution in [0.5, 0.6) is 11.5 Å². The molecule has 0 N–H and O–H groups in total. The van der Waals surface area contributed by atoms with E-state index in [1.807, 2.05) is 103 Å². The van der Waals surface area contributed by atoms with E-state index >= 15 is 0 Å². The van der Waals surface area contributed by atoms with Crippen molar-refractivity contribution in [3.05, 3.63) is 115 Å². The van der Waals surface area contributed by atoms with Crippen molar-refractivity contribution in [2.24, 2.45) is 0 Å². The van der Waals surface area contributed by atoms with Crippen LogP contribution in [0.1, 0.15) is 5.56 Å². The summed E-state index contributed by atoms with van der Waals surface area (Å²) in [6.45, 7) is 0. The Labute approximate surface area is 202 Å². The van der Waals surface area contributed by atoms with Crippen molar-refractivity contribution in [2.45, 2.75) is 0 Å². The van der Waals surface area contributed by atoms with Gasteiger partial charge in [0.2, 0.25) is 0 Å². The number of rotatable bonds is 6. The Morgan fingerprint density at radius 1 is 0.647 bits per heavy atom. The minimum atomic E-state index is 0.386. The van der Waals surface area contributed by atoms with E-state index in [0.717, 1.165) is 39.1 Å². The summed E-state index contributed by atoms with van der Waals surface area (Å²) in [5, 5.41) is 0.386. The highest BCUT2D eigenvalue weighted by atomic mass is 35.5. The lowest BCUT2D eigenvalue weighted by Crippen LogP contribution is -1.95. The predicted octanol–water partition coefficient (Wildman–Crippen LogP) is 7.53. The van der Waals surface area contributed by atoms with Crippen LogP contribution in [0.2, 0.25) is 0 Å². The fraction of sp³-hybridized carbons (Fsp3) is 0. The summed E-state index contributed by atoms with van der Waals surface area (Å²) in [6.07, 6.45) is 1.98. The smallest absolute Gasteiger partial charge is 0.144 e. The molecule has 0 unspecified atom stereocenters. The van der Waals surface area contributed by atoms with Gasteiger partial charge in [-0.25, -0.2) is 9.97 Å². The molecule has 0 atom stereocenters. The molecule has 0 saturated heterocycles. The molecule has 4 nitrogen and oxygen atoms in total. The van der Waals surface area contributed by atoms with Crippen LogP contribution in [-0.4, -0.2) is 16.3 Å². The molecule has 0 saturated carbocycles. The average molecular weight is 463 g/mol. The largest absolute Gasteiger partial charge is 0.457 e. The lowest BCUT2D eigenvalue weighted by atomic mass is 10.0. The predicted molar refractivity (Wildman–Crippen MR) is 137 cm³/mol. The van der Waals surface area contributed by atoms with Crippen LogP contribution in [0.3, 0.4) is 0 Å². The first-order valence-electron chi connectivity index (χ1n) is 10.7. The SMILES string of the molecule is O=C/C=C(/Cl)c1ccc(Oc2ccc(-c3nc4ccccc4nc3-c3ccccc3)cc2)cc1. The zero-order valence-corrected chi connectivity index (χ0v) is 18.8. The van der Waals surface area contributed by atoms with E-state index in [1.54, 1.807) is 0 Å². The lowest BCUT2D eigenvalue weighted by Gasteiger charge is -2.12. The first-order chi connectivity index (χ1) is 16.7. The van der Waals surface area contributed by atoms with Crippen LogP contribution in [-0.2, 0) is 4.79 Å². The zero-order valence-electron chi connectivity index (χ0n) is 18.1. The molecule has 0 aliphatic carbocycles. The number of aldehydes is 1. The number of ether oxygens (including phenoxy) is 1. The van der Waals surface area contributed by atoms with Crippen LogP contribution in [0.25, 0.3) is 38.6 Å². The molecule has 5 heteroatoms. The van der Waals surface area contributed by atoms with E-state index in [1.165, 1.54) is 6.08 Å². The molecule has 0 amide bonds. The van der Waals surface area contributed by atoms with Gasteiger partial charge in [0.1, 0.15) is 17.8 Å². The molecule has 5 aromatic rings. The molecule has 164 valence electrons. The number of carbonyl (C=O) groups is 1. The van der Waals surface area contributed by atoms with Gasteiger partial charge in [-0.05, 0) is 72.3 Å². The Hall–Kier alpha value is -4.28. The number of hydrogen-bond donors (Lipinski definition) is 0. The minimum Gasteiger partial charge on any atom is -0.457 e. The van der Waals surface area contributed by atoms with Crippen molar-refractivity contribution in [3.63, 3.8) is 0 Å². The van der Waals surface area contributed by atoms with Gasteiger partial charge in [0.15, 0.2) is 0 Å². The molecule has 5 rings (SSSR count). The van der Waals surface area contributed by atoms with Gasteiger partial charge in [-0.2, -0.15) is 0 Å². The van der Waals surface area contributed by atoms with Crippen molar-refractivity contribution in [3.8, 4) is 34.0 Å². The van der Waals surface area contributed by atoms with E-state index < -0.39 is 0 Å². The molecular formula is C29H19ClN2O2. The molecule has 0 bridgehead atoms. The summed E-state index contributed by atoms with van der Waals surface area (Å²) < 4.78 is 5.98. The maximum atomic E-state index is 10.6. The second-order valence-electron chi connectivity index (χ2n) is 7.58. The topological polar surface area (TPSA) is 52.1 Å². The maximum absolute atomic E-state index is 10.6. The number of carbonyl (C=O) groups excluding carboxylic acids is 1. The summed E-state index contributed by atoms with van der Waals surface area (Å²) in [5.41, 5.74) is 6.07. The highest BCUT2D eigenvalue weighted by molar-refractivity contribution is 6.49. The zero-order chi connectivity index (χ0) is 23.3. The highest BCUT2D eigenvalue weighted by Gasteiger charge is 2.13. The second-order valence-corrected chi connectivity index (χ2v) is 7.98. The standard InChI is InChI=1S/C29H19ClN2O2/c30-25(18-19-33)20-10-14-23(15-11-20)34-24-16-12-22(13-17-24)29-28(21-6-2-1-3-7-21)31-26-8-4-5-9-27(26)32-29/h1-19H/b25-18+. The monoisotopic (exact) mass is 462 g/mol. The Kier molecular flexibility index (Phi) is 6.15. The van der Waals surface area contributed by atoms with E-state index in [2.05, 4.69) is 0 Å². The Balaban J connectivity index is 1.46. The molecule has 1 aromatic heterocycles. The summed E-state index contributed by atoms with van der Waals surface area (Å²) in [5.74, 6) is 1.36. The molecule has 34 heavy (non-hydrogen) atoms. The number of nitrogens with zero attached hydrogens (tertiary/aromatic N) is 2. The maximum Gasteiger partial charge on any atom is 0.144 e. The number of benzene rings is 4. The molecule has 0 aliphatic rings. The van der Waals surface area contributed by atoms with Crippen molar-refractivity contribution in [1.29, 1.82) is 0 Å². The fourth-order valence-electron chi connectivity index (χ4n) is 3.65. The highest BCUT2D eigenvalue weighted by Crippen LogP contribution is 2.33. The van der Waals surface area contributed by atoms with Gasteiger partial charge in [0.05, 0.1) is 27.5 Å². The number of aromatic nitrogens is 2. The fourth-order valence-corrected chi connectivity index (χ4v) is 3.83. The minimum absolute atomic E-state index is 0.386. The first-order valence-corrected chi connectivity index (χ1v) is 11.1. The number of hydrogen-bond acceptors (Lipinski definition) is 4. The molecular weight excluding hydrogens is 444 g/mol. The van der Waals surface area contributed by atoms with Gasteiger partial charge in [0, 0.05) is 11.1 Å². The summed E-state index contributed by atoms with van der Waals surface area (Å²) in [7, 11) is 0. The average Bonchev–Trinajstić information content (AvgIpc) is 2.89. The Morgan fingerprint density at radius 2 is 1.15 bits per heavy atom. The van der Waals surface area contributed by atoms with Gasteiger partial charge in [0.25, 0.3) is 0 Å². The van der Waals surface area contributed by atoms with Gasteiger partial charge in [-0.15, -0.1) is 0 Å². The first kappa shape index (κ1) is 21.6. The van der Waals surface area contributed by atoms with Crippen LogP contribution < -0.4 is 4.74 Å². The number of fused-ring (bicyclic) bond motifs is 1. The molecule has 0 aliphatic heterocycles. The van der Waals surface area contributed by atoms with Crippen molar-refractivity contribution in [1.82, 2.24) is 9.97 Å². The van der Waals surface area contributed by atoms with Crippen molar-refractivity contribution >= 4 is 34.0 Å². The summed E-state index contributed by atoms with van der Waals surface area (Å²) in [6, 6.07) is 33.0. The van der Waals surface area contributed by atoms with E-state index in [9.17, 15) is 4.79 Å². The number of halogens is 1. The van der Waals surface area contributed by atoms with Gasteiger partial charge < -0.3 is 4.74 Å². The normalized spacial score (nSPS) is 11.4. The van der Waals surface area contributed by atoms with Gasteiger partial charge in [-0.1, -0.05) is 54.1 Å². The molecule has 0 spiro atoms. The van der Waals surface area contributed by atoms with Crippen LogP contribution >= 0.6 is 11.6 Å². The third-order valence-corrected chi connectivity index (χ3v) is 5.67. The number of para-hydroxylation sites is 2. The molecule has 1 heterocycles. The molecule has 4 aromatic carbocycles. The molecule has 0 radical (unpaired) electrons. The summed E-state index contributed by atoms with van der Waals surface area (Å²) >= 11 is 6.07. The van der Waals surface area contributed by atoms with Crippen LogP contribution in [0.15, 0.2) is 109 Å². The van der Waals surface area contributed by atoms with E-state index in [0.29, 0.717) is 22.8 Å². The van der Waals surface area contributed by atoms with Crippen molar-refractivity contribution < 1.29 is 9.53 Å². The summed E-state index contributed by atoms with van der Waals surface area (Å²) in [4.78, 5) is 20.4. The third kappa shape index (κ3) is 4.58. The molecule has 0 fully saturated rings. The van der Waals surface area contributed by atoms with Gasteiger partial charge in [-0.3, -0.25) is 4.79 Å². The quantitative estimate of drug-likeness (QED) is 0.193. The Morgan fingerprint density at radius 3 is 1.71 bits per heavy atom. The lowest BCUT2D eigenvalue weighted by molar-refractivity contribution is -0.104. The van der Waals surface area contributed by atoms with E-state index in [-0.39, 0.29) is 0 Å². The van der Waals surface area contributed by atoms with Gasteiger partial charge >= 0.3 is 0 Å². The third-order valence-electron chi connectivity index (χ3n) is 5.33.